The number of unbranched alkanes of at least 4 members (excludes halogenated alkanes) is 2. The fourth-order valence-electron chi connectivity index (χ4n) is 6.48. The maximum absolute atomic E-state index is 15.4. The molecule has 2 aliphatic rings. The Balaban J connectivity index is 1.26. The van der Waals surface area contributed by atoms with Crippen molar-refractivity contribution in [3.8, 4) is 17.2 Å². The van der Waals surface area contributed by atoms with Gasteiger partial charge >= 0.3 is 6.36 Å². The third kappa shape index (κ3) is 8.84. The van der Waals surface area contributed by atoms with Crippen LogP contribution in [0.15, 0.2) is 30.3 Å². The molecule has 1 radical (unpaired) electrons. The SMILES string of the molecule is CCCCC[C@H]1CC[C@H](CCC2CCC(c3c(F)c[c]c(Oc4ccc(OC(F)(F)F)cc4)c3F)CC2)CC1. The van der Waals surface area contributed by atoms with E-state index in [1.807, 2.05) is 0 Å². The first kappa shape index (κ1) is 29.7. The average Bonchev–Trinajstić information content (AvgIpc) is 2.91. The molecule has 2 nitrogen and oxygen atoms in total. The van der Waals surface area contributed by atoms with Gasteiger partial charge < -0.3 is 9.47 Å². The van der Waals surface area contributed by atoms with E-state index in [0.29, 0.717) is 5.92 Å². The zero-order chi connectivity index (χ0) is 27.8. The van der Waals surface area contributed by atoms with Crippen molar-refractivity contribution >= 4 is 0 Å². The van der Waals surface area contributed by atoms with E-state index in [1.54, 1.807) is 0 Å². The summed E-state index contributed by atoms with van der Waals surface area (Å²) in [5, 5.41) is 0. The molecule has 0 heterocycles. The van der Waals surface area contributed by atoms with Crippen molar-refractivity contribution in [2.45, 2.75) is 109 Å². The molecule has 0 unspecified atom stereocenters. The Kier molecular flexibility index (Phi) is 10.5. The normalized spacial score (nSPS) is 23.9. The Bertz CT molecular complexity index is 1020. The lowest BCUT2D eigenvalue weighted by molar-refractivity contribution is -0.274. The van der Waals surface area contributed by atoms with Crippen molar-refractivity contribution in [1.29, 1.82) is 0 Å². The number of halogens is 5. The molecular formula is C32H40F5O2. The quantitative estimate of drug-likeness (QED) is 0.204. The fraction of sp³-hybridized carbons (Fsp3) is 0.625. The van der Waals surface area contributed by atoms with Crippen LogP contribution in [0.5, 0.6) is 17.2 Å². The highest BCUT2D eigenvalue weighted by molar-refractivity contribution is 5.39. The van der Waals surface area contributed by atoms with Crippen LogP contribution in [-0.2, 0) is 0 Å². The second-order valence-electron chi connectivity index (χ2n) is 11.5. The van der Waals surface area contributed by atoms with E-state index in [1.165, 1.54) is 76.3 Å². The van der Waals surface area contributed by atoms with Crippen LogP contribution >= 0.6 is 0 Å². The lowest BCUT2D eigenvalue weighted by atomic mass is 9.73. The third-order valence-corrected chi connectivity index (χ3v) is 8.72. The van der Waals surface area contributed by atoms with E-state index in [-0.39, 0.29) is 23.0 Å². The van der Waals surface area contributed by atoms with E-state index >= 15 is 4.39 Å². The fourth-order valence-corrected chi connectivity index (χ4v) is 6.48. The first-order valence-electron chi connectivity index (χ1n) is 14.6. The molecule has 2 aromatic carbocycles. The highest BCUT2D eigenvalue weighted by Gasteiger charge is 2.31. The molecule has 0 N–H and O–H groups in total. The molecule has 0 aliphatic heterocycles. The summed E-state index contributed by atoms with van der Waals surface area (Å²) in [6.45, 7) is 2.26. The van der Waals surface area contributed by atoms with Crippen molar-refractivity contribution in [3.63, 3.8) is 0 Å². The summed E-state index contributed by atoms with van der Waals surface area (Å²) in [5.41, 5.74) is 0.0284. The van der Waals surface area contributed by atoms with E-state index in [2.05, 4.69) is 17.7 Å². The molecule has 4 rings (SSSR count). The largest absolute Gasteiger partial charge is 0.573 e. The summed E-state index contributed by atoms with van der Waals surface area (Å²) in [6.07, 6.45) is 11.9. The van der Waals surface area contributed by atoms with Crippen LogP contribution < -0.4 is 9.47 Å². The van der Waals surface area contributed by atoms with Crippen LogP contribution in [0.1, 0.15) is 108 Å². The summed E-state index contributed by atoms with van der Waals surface area (Å²) in [4.78, 5) is 0. The molecule has 215 valence electrons. The second-order valence-corrected chi connectivity index (χ2v) is 11.5. The van der Waals surface area contributed by atoms with Crippen molar-refractivity contribution in [3.05, 3.63) is 53.6 Å². The Morgan fingerprint density at radius 1 is 0.769 bits per heavy atom. The smallest absolute Gasteiger partial charge is 0.454 e. The van der Waals surface area contributed by atoms with Gasteiger partial charge in [-0.1, -0.05) is 71.1 Å². The number of hydrogen-bond acceptors (Lipinski definition) is 2. The number of benzene rings is 2. The summed E-state index contributed by atoms with van der Waals surface area (Å²) in [5.74, 6) is 0.159. The van der Waals surface area contributed by atoms with Crippen LogP contribution in [0.3, 0.4) is 0 Å². The Morgan fingerprint density at radius 3 is 1.87 bits per heavy atom. The molecular weight excluding hydrogens is 511 g/mol. The molecule has 7 heteroatoms. The Hall–Kier alpha value is -2.31. The number of alkyl halides is 3. The predicted octanol–water partition coefficient (Wildman–Crippen LogP) is 10.9. The maximum Gasteiger partial charge on any atom is 0.573 e. The van der Waals surface area contributed by atoms with Crippen LogP contribution in [0.25, 0.3) is 0 Å². The van der Waals surface area contributed by atoms with Gasteiger partial charge in [-0.2, -0.15) is 0 Å². The maximum atomic E-state index is 15.4. The highest BCUT2D eigenvalue weighted by Crippen LogP contribution is 2.43. The average molecular weight is 552 g/mol. The standard InChI is InChI=1S/C32H40F5O2/c1-2-3-4-5-22-6-8-23(9-7-22)10-11-24-12-14-25(15-13-24)30-28(33)20-21-29(31(30)34)38-26-16-18-27(19-17-26)39-32(35,36)37/h16-20,22-25H,2-15H2,1H3/t22-,23-,24?,25?. The first-order chi connectivity index (χ1) is 18.7. The van der Waals surface area contributed by atoms with Crippen molar-refractivity contribution in [2.75, 3.05) is 0 Å². The molecule has 2 aliphatic carbocycles. The summed E-state index contributed by atoms with van der Waals surface area (Å²) in [7, 11) is 0. The minimum Gasteiger partial charge on any atom is -0.454 e. The van der Waals surface area contributed by atoms with Gasteiger partial charge in [0.15, 0.2) is 11.6 Å². The van der Waals surface area contributed by atoms with Crippen molar-refractivity contribution in [1.82, 2.24) is 0 Å². The molecule has 0 bridgehead atoms. The van der Waals surface area contributed by atoms with Crippen LogP contribution in [0.2, 0.25) is 0 Å². The van der Waals surface area contributed by atoms with Crippen molar-refractivity contribution < 1.29 is 31.4 Å². The van der Waals surface area contributed by atoms with Crippen molar-refractivity contribution in [2.24, 2.45) is 17.8 Å². The Labute approximate surface area is 229 Å². The molecule has 2 fully saturated rings. The highest BCUT2D eigenvalue weighted by atomic mass is 19.4. The second kappa shape index (κ2) is 13.8. The van der Waals surface area contributed by atoms with Gasteiger partial charge in [-0.3, -0.25) is 0 Å². The molecule has 2 aromatic rings. The lowest BCUT2D eigenvalue weighted by Gasteiger charge is -2.32. The first-order valence-corrected chi connectivity index (χ1v) is 14.6. The predicted molar refractivity (Wildman–Crippen MR) is 142 cm³/mol. The van der Waals surface area contributed by atoms with Gasteiger partial charge in [0.25, 0.3) is 0 Å². The molecule has 2 saturated carbocycles. The topological polar surface area (TPSA) is 18.5 Å². The number of hydrogen-bond donors (Lipinski definition) is 0. The zero-order valence-corrected chi connectivity index (χ0v) is 22.8. The van der Waals surface area contributed by atoms with Gasteiger partial charge in [0.2, 0.25) is 0 Å². The van der Waals surface area contributed by atoms with Gasteiger partial charge in [-0.15, -0.1) is 13.2 Å². The minimum atomic E-state index is -4.81. The third-order valence-electron chi connectivity index (χ3n) is 8.72. The number of rotatable bonds is 11. The number of ether oxygens (including phenoxy) is 2. The molecule has 0 atom stereocenters. The van der Waals surface area contributed by atoms with Crippen LogP contribution in [-0.4, -0.2) is 6.36 Å². The van der Waals surface area contributed by atoms with Gasteiger partial charge in [-0.25, -0.2) is 8.78 Å². The van der Waals surface area contributed by atoms with Crippen LogP contribution in [0, 0.1) is 35.5 Å². The van der Waals surface area contributed by atoms with Gasteiger partial charge in [0.1, 0.15) is 17.3 Å². The van der Waals surface area contributed by atoms with E-state index in [9.17, 15) is 17.6 Å². The minimum absolute atomic E-state index is 0.0284. The molecule has 0 amide bonds. The van der Waals surface area contributed by atoms with Gasteiger partial charge in [0, 0.05) is 11.6 Å². The van der Waals surface area contributed by atoms with Gasteiger partial charge in [-0.05, 0) is 79.7 Å². The zero-order valence-electron chi connectivity index (χ0n) is 22.8. The lowest BCUT2D eigenvalue weighted by Crippen LogP contribution is -2.18. The van der Waals surface area contributed by atoms with E-state index in [0.717, 1.165) is 55.7 Å². The molecule has 0 aromatic heterocycles. The summed E-state index contributed by atoms with van der Waals surface area (Å²) in [6, 6.07) is 8.19. The monoisotopic (exact) mass is 551 g/mol. The van der Waals surface area contributed by atoms with E-state index in [4.69, 9.17) is 4.74 Å². The molecule has 39 heavy (non-hydrogen) atoms. The molecule has 0 spiro atoms. The van der Waals surface area contributed by atoms with Crippen LogP contribution in [0.4, 0.5) is 22.0 Å². The Morgan fingerprint density at radius 2 is 1.31 bits per heavy atom. The van der Waals surface area contributed by atoms with Gasteiger partial charge in [0.05, 0.1) is 0 Å². The molecule has 0 saturated heterocycles. The van der Waals surface area contributed by atoms with E-state index < -0.39 is 23.7 Å². The summed E-state index contributed by atoms with van der Waals surface area (Å²) >= 11 is 0. The summed E-state index contributed by atoms with van der Waals surface area (Å²) < 4.78 is 76.5.